The topological polar surface area (TPSA) is 113 Å². The molecule has 0 spiro atoms. The molecule has 0 amide bonds. The third-order valence-corrected chi connectivity index (χ3v) is 6.83. The van der Waals surface area contributed by atoms with Gasteiger partial charge in [-0.15, -0.1) is 0 Å². The molecule has 1 aromatic carbocycles. The van der Waals surface area contributed by atoms with Crippen LogP contribution in [0.15, 0.2) is 18.2 Å². The van der Waals surface area contributed by atoms with Gasteiger partial charge in [-0.05, 0) is 62.8 Å². The summed E-state index contributed by atoms with van der Waals surface area (Å²) in [5.74, 6) is 2.32. The van der Waals surface area contributed by atoms with Gasteiger partial charge in [0.25, 0.3) is 0 Å². The maximum Gasteiger partial charge on any atom is 0.233 e. The number of benzene rings is 1. The highest BCUT2D eigenvalue weighted by Crippen LogP contribution is 2.26. The lowest BCUT2D eigenvalue weighted by molar-refractivity contribution is 0.373. The highest BCUT2D eigenvalue weighted by Gasteiger charge is 2.24. The summed E-state index contributed by atoms with van der Waals surface area (Å²) < 4.78 is 0. The number of hydrogen-bond acceptors (Lipinski definition) is 8. The summed E-state index contributed by atoms with van der Waals surface area (Å²) in [6, 6.07) is 6.12. The van der Waals surface area contributed by atoms with Gasteiger partial charge in [0.2, 0.25) is 17.8 Å². The summed E-state index contributed by atoms with van der Waals surface area (Å²) in [6.45, 7) is 4.15. The summed E-state index contributed by atoms with van der Waals surface area (Å²) in [5, 5.41) is 14.3. The summed E-state index contributed by atoms with van der Waals surface area (Å²) in [5.41, 5.74) is 7.17. The molecule has 2 heterocycles. The first-order valence-corrected chi connectivity index (χ1v) is 12.3. The van der Waals surface area contributed by atoms with Gasteiger partial charge in [-0.3, -0.25) is 0 Å². The Morgan fingerprint density at radius 3 is 2.56 bits per heavy atom. The van der Waals surface area contributed by atoms with E-state index >= 15 is 0 Å². The van der Waals surface area contributed by atoms with Crippen molar-refractivity contribution in [3.63, 3.8) is 0 Å². The maximum absolute atomic E-state index is 6.19. The second kappa shape index (κ2) is 11.0. The quantitative estimate of drug-likeness (QED) is 0.341. The van der Waals surface area contributed by atoms with E-state index in [0.29, 0.717) is 40.5 Å². The minimum atomic E-state index is 0.268. The van der Waals surface area contributed by atoms with Gasteiger partial charge in [-0.1, -0.05) is 37.8 Å². The van der Waals surface area contributed by atoms with Gasteiger partial charge < -0.3 is 27.0 Å². The van der Waals surface area contributed by atoms with E-state index in [1.54, 1.807) is 12.1 Å². The Balaban J connectivity index is 1.52. The van der Waals surface area contributed by atoms with Crippen molar-refractivity contribution in [2.24, 2.45) is 5.92 Å². The van der Waals surface area contributed by atoms with Crippen LogP contribution in [0.1, 0.15) is 58.3 Å². The standard InChI is InChI=1S/C23H35ClN8/c1-2-19(20-9-6-12-26-20)29-23-31-21(27-14-15-7-4-3-5-8-15)30-22(32-23)28-16-10-11-18(25)17(24)13-16/h10-11,13,15,19-20,26H,2-9,12,14,25H2,1H3,(H3,27,28,29,30,31,32). The number of halogens is 1. The molecule has 1 saturated heterocycles. The fourth-order valence-electron chi connectivity index (χ4n) is 4.64. The third-order valence-electron chi connectivity index (χ3n) is 6.50. The first-order chi connectivity index (χ1) is 15.6. The predicted octanol–water partition coefficient (Wildman–Crippen LogP) is 4.79. The second-order valence-electron chi connectivity index (χ2n) is 8.91. The second-order valence-corrected chi connectivity index (χ2v) is 9.32. The summed E-state index contributed by atoms with van der Waals surface area (Å²) >= 11 is 6.19. The molecule has 32 heavy (non-hydrogen) atoms. The van der Waals surface area contributed by atoms with Crippen molar-refractivity contribution in [2.45, 2.75) is 70.4 Å². The molecule has 1 aliphatic heterocycles. The normalized spacial score (nSPS) is 20.1. The van der Waals surface area contributed by atoms with Crippen molar-refractivity contribution in [2.75, 3.05) is 34.8 Å². The van der Waals surface area contributed by atoms with Gasteiger partial charge in [-0.2, -0.15) is 15.0 Å². The van der Waals surface area contributed by atoms with Gasteiger partial charge >= 0.3 is 0 Å². The zero-order chi connectivity index (χ0) is 22.3. The van der Waals surface area contributed by atoms with Crippen LogP contribution in [0.25, 0.3) is 0 Å². The number of rotatable bonds is 9. The Labute approximate surface area is 195 Å². The van der Waals surface area contributed by atoms with Gasteiger partial charge in [0, 0.05) is 24.3 Å². The van der Waals surface area contributed by atoms with E-state index in [1.165, 1.54) is 44.9 Å². The molecular weight excluding hydrogens is 424 g/mol. The van der Waals surface area contributed by atoms with Crippen LogP contribution < -0.4 is 27.0 Å². The van der Waals surface area contributed by atoms with Crippen LogP contribution in [0.5, 0.6) is 0 Å². The first-order valence-electron chi connectivity index (χ1n) is 11.9. The Hall–Kier alpha value is -2.32. The van der Waals surface area contributed by atoms with Crippen molar-refractivity contribution >= 4 is 40.8 Å². The SMILES string of the molecule is CCC(Nc1nc(NCC2CCCCC2)nc(Nc2ccc(N)c(Cl)c2)n1)C1CCCN1. The van der Waals surface area contributed by atoms with E-state index < -0.39 is 0 Å². The van der Waals surface area contributed by atoms with Crippen LogP contribution in [0.4, 0.5) is 29.2 Å². The number of nitrogens with one attached hydrogen (secondary N) is 4. The Morgan fingerprint density at radius 1 is 1.06 bits per heavy atom. The lowest BCUT2D eigenvalue weighted by Gasteiger charge is -2.24. The zero-order valence-electron chi connectivity index (χ0n) is 18.8. The maximum atomic E-state index is 6.19. The highest BCUT2D eigenvalue weighted by atomic mass is 35.5. The zero-order valence-corrected chi connectivity index (χ0v) is 19.6. The molecule has 0 radical (unpaired) electrons. The minimum absolute atomic E-state index is 0.268. The fourth-order valence-corrected chi connectivity index (χ4v) is 4.82. The van der Waals surface area contributed by atoms with Crippen molar-refractivity contribution in [1.82, 2.24) is 20.3 Å². The Morgan fingerprint density at radius 2 is 1.84 bits per heavy atom. The molecule has 174 valence electrons. The largest absolute Gasteiger partial charge is 0.398 e. The molecule has 6 N–H and O–H groups in total. The molecule has 0 bridgehead atoms. The highest BCUT2D eigenvalue weighted by molar-refractivity contribution is 6.33. The molecule has 2 unspecified atom stereocenters. The molecule has 2 aliphatic rings. The van der Waals surface area contributed by atoms with Gasteiger partial charge in [0.05, 0.1) is 10.7 Å². The minimum Gasteiger partial charge on any atom is -0.398 e. The average Bonchev–Trinajstić information content (AvgIpc) is 3.34. The van der Waals surface area contributed by atoms with Crippen LogP contribution >= 0.6 is 11.6 Å². The van der Waals surface area contributed by atoms with Crippen molar-refractivity contribution in [3.05, 3.63) is 23.2 Å². The lowest BCUT2D eigenvalue weighted by Crippen LogP contribution is -2.40. The Kier molecular flexibility index (Phi) is 7.86. The number of anilines is 5. The number of nitrogens with zero attached hydrogens (tertiary/aromatic N) is 3. The van der Waals surface area contributed by atoms with Gasteiger partial charge in [0.15, 0.2) is 0 Å². The molecule has 1 aliphatic carbocycles. The van der Waals surface area contributed by atoms with Crippen LogP contribution in [0.3, 0.4) is 0 Å². The lowest BCUT2D eigenvalue weighted by atomic mass is 9.89. The molecule has 2 fully saturated rings. The Bertz CT molecular complexity index is 880. The van der Waals surface area contributed by atoms with E-state index in [9.17, 15) is 0 Å². The van der Waals surface area contributed by atoms with Crippen molar-refractivity contribution in [1.29, 1.82) is 0 Å². The molecule has 8 nitrogen and oxygen atoms in total. The van der Waals surface area contributed by atoms with E-state index in [-0.39, 0.29) is 6.04 Å². The van der Waals surface area contributed by atoms with E-state index in [2.05, 4.69) is 38.2 Å². The summed E-state index contributed by atoms with van der Waals surface area (Å²) in [6.07, 6.45) is 9.87. The van der Waals surface area contributed by atoms with Crippen LogP contribution in [0, 0.1) is 5.92 Å². The molecule has 1 saturated carbocycles. The molecule has 1 aromatic heterocycles. The molecule has 2 aromatic rings. The first kappa shape index (κ1) is 22.9. The smallest absolute Gasteiger partial charge is 0.233 e. The molecule has 9 heteroatoms. The average molecular weight is 459 g/mol. The predicted molar refractivity (Wildman–Crippen MR) is 133 cm³/mol. The van der Waals surface area contributed by atoms with E-state index in [0.717, 1.165) is 25.2 Å². The van der Waals surface area contributed by atoms with Crippen molar-refractivity contribution in [3.8, 4) is 0 Å². The number of aromatic nitrogens is 3. The van der Waals surface area contributed by atoms with Crippen LogP contribution in [0.2, 0.25) is 5.02 Å². The monoisotopic (exact) mass is 458 g/mol. The van der Waals surface area contributed by atoms with Gasteiger partial charge in [-0.25, -0.2) is 0 Å². The molecule has 4 rings (SSSR count). The fraction of sp³-hybridized carbons (Fsp3) is 0.609. The third kappa shape index (κ3) is 6.13. The van der Waals surface area contributed by atoms with E-state index in [1.807, 2.05) is 6.07 Å². The summed E-state index contributed by atoms with van der Waals surface area (Å²) in [7, 11) is 0. The summed E-state index contributed by atoms with van der Waals surface area (Å²) in [4.78, 5) is 14.0. The van der Waals surface area contributed by atoms with Crippen molar-refractivity contribution < 1.29 is 0 Å². The number of hydrogen-bond donors (Lipinski definition) is 5. The van der Waals surface area contributed by atoms with Gasteiger partial charge in [0.1, 0.15) is 0 Å². The number of nitrogens with two attached hydrogens (primary N) is 1. The molecule has 2 atom stereocenters. The molecular formula is C23H35ClN8. The van der Waals surface area contributed by atoms with E-state index in [4.69, 9.17) is 22.3 Å². The van der Waals surface area contributed by atoms with Crippen LogP contribution in [-0.4, -0.2) is 40.1 Å². The van der Waals surface area contributed by atoms with Crippen LogP contribution in [-0.2, 0) is 0 Å². The number of nitrogen functional groups attached to an aromatic ring is 1.